The van der Waals surface area contributed by atoms with Crippen molar-refractivity contribution in [3.05, 3.63) is 0 Å². The molecule has 0 bridgehead atoms. The van der Waals surface area contributed by atoms with Crippen LogP contribution < -0.4 is 0 Å². The van der Waals surface area contributed by atoms with Gasteiger partial charge in [0.15, 0.2) is 0 Å². The lowest BCUT2D eigenvalue weighted by molar-refractivity contribution is -0.158. The van der Waals surface area contributed by atoms with Gasteiger partial charge in [0.1, 0.15) is 5.78 Å². The van der Waals surface area contributed by atoms with E-state index in [1.807, 2.05) is 0 Å². The molecule has 118 valence electrons. The van der Waals surface area contributed by atoms with Gasteiger partial charge in [-0.15, -0.1) is 0 Å². The maximum atomic E-state index is 12.9. The first-order valence-electron chi connectivity index (χ1n) is 9.15. The zero-order valence-electron chi connectivity index (χ0n) is 13.6. The molecule has 0 aromatic heterocycles. The van der Waals surface area contributed by atoms with E-state index in [1.165, 1.54) is 32.1 Å². The third-order valence-corrected chi connectivity index (χ3v) is 8.22. The molecule has 0 aliphatic heterocycles. The minimum Gasteiger partial charge on any atom is -0.393 e. The van der Waals surface area contributed by atoms with Gasteiger partial charge in [0.05, 0.1) is 6.10 Å². The summed E-state index contributed by atoms with van der Waals surface area (Å²) in [7, 11) is 0. The molecule has 2 heteroatoms. The number of carbonyl (C=O) groups is 1. The van der Waals surface area contributed by atoms with Crippen LogP contribution in [-0.2, 0) is 4.79 Å². The summed E-state index contributed by atoms with van der Waals surface area (Å²) in [5, 5.41) is 10.0. The summed E-state index contributed by atoms with van der Waals surface area (Å²) in [5.74, 6) is 2.61. The first kappa shape index (κ1) is 14.2. The molecular formula is C19H30O2. The summed E-state index contributed by atoms with van der Waals surface area (Å²) >= 11 is 0. The largest absolute Gasteiger partial charge is 0.393 e. The summed E-state index contributed by atoms with van der Waals surface area (Å²) in [6, 6.07) is 0. The second-order valence-corrected chi connectivity index (χ2v) is 9.13. The first-order valence-corrected chi connectivity index (χ1v) is 9.15. The van der Waals surface area contributed by atoms with Crippen molar-refractivity contribution < 1.29 is 9.90 Å². The zero-order chi connectivity index (χ0) is 14.8. The fourth-order valence-electron chi connectivity index (χ4n) is 6.90. The molecule has 0 heterocycles. The minimum absolute atomic E-state index is 0.159. The van der Waals surface area contributed by atoms with Gasteiger partial charge in [-0.3, -0.25) is 4.79 Å². The predicted octanol–water partition coefficient (Wildman–Crippen LogP) is 3.96. The van der Waals surface area contributed by atoms with E-state index < -0.39 is 0 Å². The third kappa shape index (κ3) is 1.90. The second kappa shape index (κ2) is 4.57. The van der Waals surface area contributed by atoms with Crippen LogP contribution in [-0.4, -0.2) is 17.0 Å². The summed E-state index contributed by atoms with van der Waals surface area (Å²) in [6.07, 6.45) is 10.1. The van der Waals surface area contributed by atoms with Crippen LogP contribution in [0.25, 0.3) is 0 Å². The monoisotopic (exact) mass is 290 g/mol. The summed E-state index contributed by atoms with van der Waals surface area (Å²) in [6.45, 7) is 4.90. The number of aliphatic hydroxyl groups is 1. The molecule has 4 rings (SSSR count). The Morgan fingerprint density at radius 2 is 1.86 bits per heavy atom. The highest BCUT2D eigenvalue weighted by molar-refractivity contribution is 5.83. The SMILES string of the molecule is C[C@@]12CCC[C@H]1[C@@H]1C(=O)CC3CC(O)CC[C@]3(C)[C@@H]1CC2. The smallest absolute Gasteiger partial charge is 0.136 e. The Morgan fingerprint density at radius 3 is 2.67 bits per heavy atom. The Hall–Kier alpha value is -0.370. The van der Waals surface area contributed by atoms with E-state index in [9.17, 15) is 9.90 Å². The molecule has 7 atom stereocenters. The third-order valence-electron chi connectivity index (χ3n) is 8.22. The fraction of sp³-hybridized carbons (Fsp3) is 0.947. The molecule has 2 unspecified atom stereocenters. The summed E-state index contributed by atoms with van der Waals surface area (Å²) in [5.41, 5.74) is 0.774. The Balaban J connectivity index is 1.69. The number of carbonyl (C=O) groups excluding carboxylic acids is 1. The van der Waals surface area contributed by atoms with Crippen molar-refractivity contribution in [2.75, 3.05) is 0 Å². The minimum atomic E-state index is -0.159. The van der Waals surface area contributed by atoms with Gasteiger partial charge >= 0.3 is 0 Å². The number of Topliss-reactive ketones (excluding diaryl/α,β-unsaturated/α-hetero) is 1. The van der Waals surface area contributed by atoms with Crippen molar-refractivity contribution in [1.82, 2.24) is 0 Å². The van der Waals surface area contributed by atoms with Gasteiger partial charge in [-0.1, -0.05) is 20.3 Å². The van der Waals surface area contributed by atoms with Gasteiger partial charge in [-0.25, -0.2) is 0 Å². The van der Waals surface area contributed by atoms with Crippen molar-refractivity contribution in [2.24, 2.45) is 34.5 Å². The van der Waals surface area contributed by atoms with Gasteiger partial charge in [0, 0.05) is 12.3 Å². The van der Waals surface area contributed by atoms with E-state index >= 15 is 0 Å². The molecule has 0 aromatic carbocycles. The van der Waals surface area contributed by atoms with Crippen molar-refractivity contribution in [3.63, 3.8) is 0 Å². The van der Waals surface area contributed by atoms with Crippen molar-refractivity contribution >= 4 is 5.78 Å². The quantitative estimate of drug-likeness (QED) is 0.733. The maximum Gasteiger partial charge on any atom is 0.136 e. The molecule has 4 saturated carbocycles. The summed E-state index contributed by atoms with van der Waals surface area (Å²) in [4.78, 5) is 12.9. The van der Waals surface area contributed by atoms with Crippen LogP contribution >= 0.6 is 0 Å². The number of aliphatic hydroxyl groups excluding tert-OH is 1. The lowest BCUT2D eigenvalue weighted by Gasteiger charge is -2.59. The number of rotatable bonds is 0. The number of hydrogen-bond donors (Lipinski definition) is 1. The van der Waals surface area contributed by atoms with E-state index in [4.69, 9.17) is 0 Å². The van der Waals surface area contributed by atoms with Gasteiger partial charge in [-0.2, -0.15) is 0 Å². The van der Waals surface area contributed by atoms with Crippen LogP contribution in [0, 0.1) is 34.5 Å². The highest BCUT2D eigenvalue weighted by Crippen LogP contribution is 2.65. The van der Waals surface area contributed by atoms with Crippen molar-refractivity contribution in [3.8, 4) is 0 Å². The first-order chi connectivity index (χ1) is 9.94. The Morgan fingerprint density at radius 1 is 1.05 bits per heavy atom. The van der Waals surface area contributed by atoms with Crippen LogP contribution in [0.4, 0.5) is 0 Å². The van der Waals surface area contributed by atoms with Gasteiger partial charge in [-0.05, 0) is 73.5 Å². The van der Waals surface area contributed by atoms with Gasteiger partial charge in [0.25, 0.3) is 0 Å². The van der Waals surface area contributed by atoms with Crippen LogP contribution in [0.1, 0.15) is 71.6 Å². The molecule has 4 aliphatic rings. The molecule has 0 saturated heterocycles. The van der Waals surface area contributed by atoms with Crippen LogP contribution in [0.5, 0.6) is 0 Å². The van der Waals surface area contributed by atoms with Gasteiger partial charge in [0.2, 0.25) is 0 Å². The highest BCUT2D eigenvalue weighted by atomic mass is 16.3. The Kier molecular flexibility index (Phi) is 3.10. The van der Waals surface area contributed by atoms with E-state index in [0.29, 0.717) is 40.3 Å². The normalized spacial score (nSPS) is 56.5. The van der Waals surface area contributed by atoms with Gasteiger partial charge < -0.3 is 5.11 Å². The Bertz CT molecular complexity index is 458. The zero-order valence-corrected chi connectivity index (χ0v) is 13.6. The van der Waals surface area contributed by atoms with Crippen molar-refractivity contribution in [1.29, 1.82) is 0 Å². The molecule has 21 heavy (non-hydrogen) atoms. The van der Waals surface area contributed by atoms with Crippen LogP contribution in [0.15, 0.2) is 0 Å². The average Bonchev–Trinajstić information content (AvgIpc) is 2.82. The molecule has 0 amide bonds. The molecule has 4 aliphatic carbocycles. The second-order valence-electron chi connectivity index (χ2n) is 9.13. The standard InChI is InChI=1S/C19H30O2/c1-18-7-3-4-14(18)17-15(6-8-18)19(2)9-5-13(20)10-12(19)11-16(17)21/h12-15,17,20H,3-11H2,1-2H3/t12?,13?,14-,15+,17-,18-,19-/m0/s1. The van der Waals surface area contributed by atoms with Crippen molar-refractivity contribution in [2.45, 2.75) is 77.7 Å². The number of hydrogen-bond acceptors (Lipinski definition) is 2. The molecule has 0 aromatic rings. The maximum absolute atomic E-state index is 12.9. The lowest BCUT2D eigenvalue weighted by atomic mass is 9.45. The van der Waals surface area contributed by atoms with Crippen LogP contribution in [0.3, 0.4) is 0 Å². The molecule has 0 spiro atoms. The average molecular weight is 290 g/mol. The molecule has 4 fully saturated rings. The summed E-state index contributed by atoms with van der Waals surface area (Å²) < 4.78 is 0. The fourth-order valence-corrected chi connectivity index (χ4v) is 6.90. The molecular weight excluding hydrogens is 260 g/mol. The predicted molar refractivity (Wildman–Crippen MR) is 82.7 cm³/mol. The highest BCUT2D eigenvalue weighted by Gasteiger charge is 2.60. The topological polar surface area (TPSA) is 37.3 Å². The van der Waals surface area contributed by atoms with E-state index in [1.54, 1.807) is 0 Å². The van der Waals surface area contributed by atoms with E-state index in [0.717, 1.165) is 25.7 Å². The molecule has 2 nitrogen and oxygen atoms in total. The lowest BCUT2D eigenvalue weighted by Crippen LogP contribution is -2.56. The molecule has 1 N–H and O–H groups in total. The van der Waals surface area contributed by atoms with E-state index in [-0.39, 0.29) is 6.10 Å². The Labute approximate surface area is 128 Å². The van der Waals surface area contributed by atoms with E-state index in [2.05, 4.69) is 13.8 Å². The number of ketones is 1. The number of fused-ring (bicyclic) bond motifs is 5. The molecule has 0 radical (unpaired) electrons. The van der Waals surface area contributed by atoms with Crippen LogP contribution in [0.2, 0.25) is 0 Å².